The summed E-state index contributed by atoms with van der Waals surface area (Å²) in [5.41, 5.74) is 2.64. The molecule has 0 aliphatic rings. The Morgan fingerprint density at radius 1 is 1.16 bits per heavy atom. The quantitative estimate of drug-likeness (QED) is 0.602. The highest BCUT2D eigenvalue weighted by Crippen LogP contribution is 2.33. The van der Waals surface area contributed by atoms with Crippen LogP contribution in [0.4, 0.5) is 0 Å². The summed E-state index contributed by atoms with van der Waals surface area (Å²) >= 11 is 7.38. The van der Waals surface area contributed by atoms with Gasteiger partial charge in [0.15, 0.2) is 0 Å². The summed E-state index contributed by atoms with van der Waals surface area (Å²) in [6, 6.07) is 4.90. The molecular weight excluding hydrogens is 366 g/mol. The Morgan fingerprint density at radius 2 is 1.84 bits per heavy atom. The topological polar surface area (TPSA) is 12.0 Å². The fourth-order valence-corrected chi connectivity index (χ4v) is 3.23. The number of rotatable bonds is 7. The van der Waals surface area contributed by atoms with Crippen LogP contribution in [0.3, 0.4) is 0 Å². The van der Waals surface area contributed by atoms with Gasteiger partial charge in [0.05, 0.1) is 0 Å². The molecule has 0 radical (unpaired) electrons. The van der Waals surface area contributed by atoms with Crippen LogP contribution in [0.25, 0.3) is 0 Å². The molecule has 108 valence electrons. The molecule has 0 fully saturated rings. The summed E-state index contributed by atoms with van der Waals surface area (Å²) < 4.78 is 2.41. The zero-order valence-electron chi connectivity index (χ0n) is 12.4. The Labute approximate surface area is 134 Å². The predicted molar refractivity (Wildman–Crippen MR) is 91.7 cm³/mol. The molecule has 0 heterocycles. The van der Waals surface area contributed by atoms with Crippen LogP contribution in [0.15, 0.2) is 21.1 Å². The third kappa shape index (κ3) is 5.20. The Balaban J connectivity index is 2.98. The van der Waals surface area contributed by atoms with Crippen molar-refractivity contribution in [1.29, 1.82) is 0 Å². The van der Waals surface area contributed by atoms with Crippen molar-refractivity contribution in [3.63, 3.8) is 0 Å². The molecule has 19 heavy (non-hydrogen) atoms. The number of benzene rings is 1. The number of halogens is 2. The second-order valence-corrected chi connectivity index (χ2v) is 7.09. The van der Waals surface area contributed by atoms with E-state index in [2.05, 4.69) is 77.0 Å². The minimum Gasteiger partial charge on any atom is -0.310 e. The van der Waals surface area contributed by atoms with Crippen molar-refractivity contribution in [3.8, 4) is 0 Å². The largest absolute Gasteiger partial charge is 0.310 e. The van der Waals surface area contributed by atoms with Gasteiger partial charge in [-0.25, -0.2) is 0 Å². The van der Waals surface area contributed by atoms with E-state index in [1.807, 2.05) is 0 Å². The summed E-state index contributed by atoms with van der Waals surface area (Å²) in [5, 5.41) is 3.69. The molecule has 1 aromatic carbocycles. The molecule has 1 nitrogen and oxygen atoms in total. The first-order valence-electron chi connectivity index (χ1n) is 7.18. The van der Waals surface area contributed by atoms with Crippen LogP contribution in [-0.4, -0.2) is 6.54 Å². The highest BCUT2D eigenvalue weighted by Gasteiger charge is 2.17. The Hall–Kier alpha value is 0.140. The Bertz CT molecular complexity index is 404. The maximum Gasteiger partial charge on any atom is 0.0334 e. The van der Waals surface area contributed by atoms with Crippen LogP contribution >= 0.6 is 31.9 Å². The van der Waals surface area contributed by atoms with Crippen LogP contribution in [-0.2, 0) is 0 Å². The highest BCUT2D eigenvalue weighted by molar-refractivity contribution is 9.11. The van der Waals surface area contributed by atoms with Crippen molar-refractivity contribution in [2.45, 2.75) is 53.0 Å². The molecule has 2 unspecified atom stereocenters. The second-order valence-electron chi connectivity index (χ2n) is 5.38. The summed E-state index contributed by atoms with van der Waals surface area (Å²) in [5.74, 6) is 0.737. The lowest BCUT2D eigenvalue weighted by Crippen LogP contribution is -2.24. The van der Waals surface area contributed by atoms with E-state index in [0.717, 1.165) is 12.5 Å². The predicted octanol–water partition coefficient (Wildman–Crippen LogP) is 6.00. The van der Waals surface area contributed by atoms with Crippen LogP contribution < -0.4 is 5.32 Å². The Morgan fingerprint density at radius 3 is 2.42 bits per heavy atom. The lowest BCUT2D eigenvalue weighted by atomic mass is 9.93. The van der Waals surface area contributed by atoms with Gasteiger partial charge >= 0.3 is 0 Å². The summed E-state index contributed by atoms with van der Waals surface area (Å²) in [6.07, 6.45) is 3.58. The molecule has 0 spiro atoms. The molecule has 0 amide bonds. The molecule has 0 bridgehead atoms. The maximum atomic E-state index is 3.72. The van der Waals surface area contributed by atoms with Crippen LogP contribution in [0.5, 0.6) is 0 Å². The molecule has 1 aromatic rings. The van der Waals surface area contributed by atoms with Gasteiger partial charge in [-0.05, 0) is 55.5 Å². The number of hydrogen-bond donors (Lipinski definition) is 1. The van der Waals surface area contributed by atoms with Gasteiger partial charge in [-0.1, -0.05) is 59.1 Å². The first-order chi connectivity index (χ1) is 8.99. The molecule has 1 N–H and O–H groups in total. The highest BCUT2D eigenvalue weighted by atomic mass is 79.9. The third-order valence-electron chi connectivity index (χ3n) is 3.63. The maximum absolute atomic E-state index is 3.72. The molecular formula is C16H25Br2N. The normalized spacial score (nSPS) is 14.4. The van der Waals surface area contributed by atoms with Gasteiger partial charge in [-0.3, -0.25) is 0 Å². The molecule has 0 saturated heterocycles. The van der Waals surface area contributed by atoms with Crippen molar-refractivity contribution >= 4 is 31.9 Å². The molecule has 0 aliphatic carbocycles. The molecule has 0 aromatic heterocycles. The molecule has 0 aliphatic heterocycles. The van der Waals surface area contributed by atoms with Gasteiger partial charge in [0, 0.05) is 15.0 Å². The fourth-order valence-electron chi connectivity index (χ4n) is 2.14. The second kappa shape index (κ2) is 8.43. The van der Waals surface area contributed by atoms with E-state index < -0.39 is 0 Å². The zero-order chi connectivity index (χ0) is 14.4. The summed E-state index contributed by atoms with van der Waals surface area (Å²) in [6.45, 7) is 10.0. The molecule has 1 rings (SSSR count). The van der Waals surface area contributed by atoms with Crippen molar-refractivity contribution in [2.24, 2.45) is 5.92 Å². The number of hydrogen-bond acceptors (Lipinski definition) is 1. The van der Waals surface area contributed by atoms with E-state index in [1.54, 1.807) is 0 Å². The summed E-state index contributed by atoms with van der Waals surface area (Å²) in [4.78, 5) is 0. The van der Waals surface area contributed by atoms with E-state index in [9.17, 15) is 0 Å². The van der Waals surface area contributed by atoms with Gasteiger partial charge in [-0.15, -0.1) is 0 Å². The van der Waals surface area contributed by atoms with Gasteiger partial charge in [-0.2, -0.15) is 0 Å². The van der Waals surface area contributed by atoms with Crippen molar-refractivity contribution < 1.29 is 0 Å². The van der Waals surface area contributed by atoms with Crippen molar-refractivity contribution in [2.75, 3.05) is 6.54 Å². The van der Waals surface area contributed by atoms with Gasteiger partial charge < -0.3 is 5.32 Å². The first kappa shape index (κ1) is 17.2. The molecule has 2 atom stereocenters. The first-order valence-corrected chi connectivity index (χ1v) is 8.77. The van der Waals surface area contributed by atoms with Gasteiger partial charge in [0.25, 0.3) is 0 Å². The summed E-state index contributed by atoms with van der Waals surface area (Å²) in [7, 11) is 0. The monoisotopic (exact) mass is 389 g/mol. The molecule has 3 heteroatoms. The Kier molecular flexibility index (Phi) is 7.63. The zero-order valence-corrected chi connectivity index (χ0v) is 15.6. The van der Waals surface area contributed by atoms with E-state index in [-0.39, 0.29) is 0 Å². The minimum absolute atomic E-state index is 0.432. The lowest BCUT2D eigenvalue weighted by Gasteiger charge is -2.24. The van der Waals surface area contributed by atoms with E-state index in [1.165, 1.54) is 39.3 Å². The smallest absolute Gasteiger partial charge is 0.0334 e. The van der Waals surface area contributed by atoms with Gasteiger partial charge in [0.1, 0.15) is 0 Å². The van der Waals surface area contributed by atoms with Crippen LogP contribution in [0.2, 0.25) is 0 Å². The van der Waals surface area contributed by atoms with Crippen LogP contribution in [0.1, 0.15) is 57.2 Å². The van der Waals surface area contributed by atoms with E-state index >= 15 is 0 Å². The number of nitrogens with one attached hydrogen (secondary N) is 1. The lowest BCUT2D eigenvalue weighted by molar-refractivity contribution is 0.401. The van der Waals surface area contributed by atoms with Crippen molar-refractivity contribution in [3.05, 3.63) is 32.2 Å². The van der Waals surface area contributed by atoms with Crippen molar-refractivity contribution in [1.82, 2.24) is 5.32 Å². The number of aryl methyl sites for hydroxylation is 1. The van der Waals surface area contributed by atoms with Gasteiger partial charge in [0.2, 0.25) is 0 Å². The standard InChI is InChI=1S/C16H25Br2N/c1-5-7-19-16(8-11(3)6-2)13-10-14(17)12(4)9-15(13)18/h9-11,16,19H,5-8H2,1-4H3. The third-order valence-corrected chi connectivity index (χ3v) is 5.17. The molecule has 0 saturated carbocycles. The SMILES string of the molecule is CCCNC(CC(C)CC)c1cc(Br)c(C)cc1Br. The van der Waals surface area contributed by atoms with E-state index in [4.69, 9.17) is 0 Å². The average molecular weight is 391 g/mol. The van der Waals surface area contributed by atoms with E-state index in [0.29, 0.717) is 6.04 Å². The average Bonchev–Trinajstić information content (AvgIpc) is 2.38. The fraction of sp³-hybridized carbons (Fsp3) is 0.625. The van der Waals surface area contributed by atoms with Crippen LogP contribution in [0, 0.1) is 12.8 Å². The minimum atomic E-state index is 0.432.